The molecule has 2 amide bonds. The van der Waals surface area contributed by atoms with Gasteiger partial charge in [0.1, 0.15) is 0 Å². The van der Waals surface area contributed by atoms with Crippen LogP contribution in [0.3, 0.4) is 0 Å². The van der Waals surface area contributed by atoms with Crippen LogP contribution in [0.25, 0.3) is 0 Å². The molecule has 1 fully saturated rings. The van der Waals surface area contributed by atoms with Gasteiger partial charge in [-0.3, -0.25) is 14.3 Å². The number of aromatic nitrogens is 2. The van der Waals surface area contributed by atoms with Crippen molar-refractivity contribution in [2.75, 3.05) is 6.54 Å². The van der Waals surface area contributed by atoms with Gasteiger partial charge in [0.2, 0.25) is 5.91 Å². The van der Waals surface area contributed by atoms with E-state index in [0.29, 0.717) is 34.5 Å². The smallest absolute Gasteiger partial charge is 0.255 e. The second-order valence-electron chi connectivity index (χ2n) is 7.66. The zero-order valence-electron chi connectivity index (χ0n) is 15.6. The summed E-state index contributed by atoms with van der Waals surface area (Å²) in [4.78, 5) is 24.3. The van der Waals surface area contributed by atoms with Gasteiger partial charge in [-0.1, -0.05) is 29.3 Å². The largest absolute Gasteiger partial charge is 0.356 e. The fourth-order valence-electron chi connectivity index (χ4n) is 3.95. The quantitative estimate of drug-likeness (QED) is 0.778. The number of nitrogens with zero attached hydrogens (tertiary/aromatic N) is 2. The number of hydrogen-bond acceptors (Lipinski definition) is 3. The Morgan fingerprint density at radius 3 is 2.64 bits per heavy atom. The minimum absolute atomic E-state index is 0.0376. The lowest BCUT2D eigenvalue weighted by atomic mass is 9.94. The molecule has 1 unspecified atom stereocenters. The highest BCUT2D eigenvalue weighted by molar-refractivity contribution is 6.36. The van der Waals surface area contributed by atoms with Gasteiger partial charge in [0, 0.05) is 35.6 Å². The third kappa shape index (κ3) is 3.63. The molecule has 1 aromatic carbocycles. The molecule has 2 N–H and O–H groups in total. The Morgan fingerprint density at radius 2 is 2.00 bits per heavy atom. The van der Waals surface area contributed by atoms with E-state index in [4.69, 9.17) is 23.2 Å². The fourth-order valence-corrected chi connectivity index (χ4v) is 4.71. The molecule has 2 heterocycles. The lowest BCUT2D eigenvalue weighted by Gasteiger charge is -2.25. The van der Waals surface area contributed by atoms with Gasteiger partial charge >= 0.3 is 0 Å². The molecule has 1 atom stereocenters. The van der Waals surface area contributed by atoms with Crippen LogP contribution in [0.4, 0.5) is 0 Å². The van der Waals surface area contributed by atoms with Crippen LogP contribution in [-0.2, 0) is 23.3 Å². The van der Waals surface area contributed by atoms with Crippen LogP contribution in [0.5, 0.6) is 0 Å². The highest BCUT2D eigenvalue weighted by atomic mass is 35.5. The summed E-state index contributed by atoms with van der Waals surface area (Å²) in [6.07, 6.45) is 4.88. The lowest BCUT2D eigenvalue weighted by molar-refractivity contribution is -0.119. The molecular weight excluding hydrogens is 399 g/mol. The number of amides is 2. The molecule has 6 nitrogen and oxygen atoms in total. The van der Waals surface area contributed by atoms with Gasteiger partial charge in [-0.2, -0.15) is 5.10 Å². The first-order chi connectivity index (χ1) is 13.4. The Bertz CT molecular complexity index is 916. The number of fused-ring (bicyclic) bond motifs is 1. The first-order valence-corrected chi connectivity index (χ1v) is 10.2. The summed E-state index contributed by atoms with van der Waals surface area (Å²) in [6.45, 7) is 2.87. The molecule has 4 rings (SSSR count). The highest BCUT2D eigenvalue weighted by Gasteiger charge is 2.48. The van der Waals surface area contributed by atoms with Gasteiger partial charge < -0.3 is 10.6 Å². The molecule has 1 aromatic heterocycles. The molecule has 0 saturated heterocycles. The Morgan fingerprint density at radius 1 is 1.29 bits per heavy atom. The number of aryl methyl sites for hydroxylation is 1. The van der Waals surface area contributed by atoms with Gasteiger partial charge in [-0.15, -0.1) is 0 Å². The zero-order chi connectivity index (χ0) is 19.9. The Labute approximate surface area is 173 Å². The van der Waals surface area contributed by atoms with Gasteiger partial charge in [0.25, 0.3) is 5.91 Å². The number of carbonyl (C=O) groups is 2. The lowest BCUT2D eigenvalue weighted by Crippen LogP contribution is -2.37. The third-order valence-electron chi connectivity index (χ3n) is 5.61. The number of benzene rings is 1. The van der Waals surface area contributed by atoms with Crippen LogP contribution in [0.15, 0.2) is 24.4 Å². The van der Waals surface area contributed by atoms with Gasteiger partial charge in [-0.05, 0) is 43.7 Å². The average Bonchev–Trinajstić information content (AvgIpc) is 3.27. The molecule has 0 spiro atoms. The topological polar surface area (TPSA) is 76.0 Å². The van der Waals surface area contributed by atoms with Crippen LogP contribution in [0.2, 0.25) is 10.0 Å². The van der Waals surface area contributed by atoms with Gasteiger partial charge in [-0.25, -0.2) is 0 Å². The number of rotatable bonds is 5. The van der Waals surface area contributed by atoms with Crippen molar-refractivity contribution in [3.63, 3.8) is 0 Å². The predicted octanol–water partition coefficient (Wildman–Crippen LogP) is 3.31. The maximum atomic E-state index is 13.1. The van der Waals surface area contributed by atoms with Crippen molar-refractivity contribution in [1.29, 1.82) is 0 Å². The van der Waals surface area contributed by atoms with Crippen molar-refractivity contribution in [1.82, 2.24) is 20.4 Å². The normalized spacial score (nSPS) is 19.6. The second kappa shape index (κ2) is 7.41. The summed E-state index contributed by atoms with van der Waals surface area (Å²) < 4.78 is 1.89. The Kier molecular flexibility index (Phi) is 5.10. The summed E-state index contributed by atoms with van der Waals surface area (Å²) in [5.74, 6) is 0.104. The second-order valence-corrected chi connectivity index (χ2v) is 8.47. The Hall–Kier alpha value is -2.05. The molecule has 2 aliphatic rings. The van der Waals surface area contributed by atoms with E-state index in [1.54, 1.807) is 24.4 Å². The molecule has 2 aromatic rings. The fraction of sp³-hybridized carbons (Fsp3) is 0.450. The number of hydrogen-bond donors (Lipinski definition) is 2. The molecule has 0 radical (unpaired) electrons. The summed E-state index contributed by atoms with van der Waals surface area (Å²) in [7, 11) is 0. The van der Waals surface area contributed by atoms with Crippen LogP contribution in [0, 0.1) is 5.92 Å². The van der Waals surface area contributed by atoms with Crippen LogP contribution in [-0.4, -0.2) is 28.1 Å². The SMILES string of the molecule is CC(=O)NCC1CCn2ncc(C(=O)NC3(c4c(Cl)cccc4Cl)CC3)c2C1. The minimum Gasteiger partial charge on any atom is -0.356 e. The van der Waals surface area contributed by atoms with E-state index < -0.39 is 5.54 Å². The van der Waals surface area contributed by atoms with E-state index >= 15 is 0 Å². The van der Waals surface area contributed by atoms with Crippen molar-refractivity contribution in [2.45, 2.75) is 44.7 Å². The van der Waals surface area contributed by atoms with E-state index in [0.717, 1.165) is 37.1 Å². The Balaban J connectivity index is 1.53. The van der Waals surface area contributed by atoms with Crippen molar-refractivity contribution in [3.8, 4) is 0 Å². The van der Waals surface area contributed by atoms with E-state index in [1.165, 1.54) is 6.92 Å². The average molecular weight is 421 g/mol. The number of carbonyl (C=O) groups excluding carboxylic acids is 2. The number of halogens is 2. The molecular formula is C20H22Cl2N4O2. The zero-order valence-corrected chi connectivity index (χ0v) is 17.1. The van der Waals surface area contributed by atoms with E-state index in [2.05, 4.69) is 15.7 Å². The number of nitrogens with one attached hydrogen (secondary N) is 2. The van der Waals surface area contributed by atoms with Gasteiger partial charge in [0.15, 0.2) is 0 Å². The summed E-state index contributed by atoms with van der Waals surface area (Å²) in [5.41, 5.74) is 1.78. The van der Waals surface area contributed by atoms with Crippen LogP contribution >= 0.6 is 23.2 Å². The van der Waals surface area contributed by atoms with E-state index in [9.17, 15) is 9.59 Å². The maximum Gasteiger partial charge on any atom is 0.255 e. The van der Waals surface area contributed by atoms with Gasteiger partial charge in [0.05, 0.1) is 23.0 Å². The highest BCUT2D eigenvalue weighted by Crippen LogP contribution is 2.50. The van der Waals surface area contributed by atoms with Crippen molar-refractivity contribution in [3.05, 3.63) is 51.3 Å². The standard InChI is InChI=1S/C20H22Cl2N4O2/c1-12(27)23-10-13-5-8-26-17(9-13)14(11-24-26)19(28)25-20(6-7-20)18-15(21)3-2-4-16(18)22/h2-4,11,13H,5-10H2,1H3,(H,23,27)(H,25,28). The van der Waals surface area contributed by atoms with E-state index in [-0.39, 0.29) is 11.8 Å². The molecule has 1 saturated carbocycles. The summed E-state index contributed by atoms with van der Waals surface area (Å²) >= 11 is 12.7. The summed E-state index contributed by atoms with van der Waals surface area (Å²) in [6, 6.07) is 5.39. The molecule has 1 aliphatic carbocycles. The maximum absolute atomic E-state index is 13.1. The van der Waals surface area contributed by atoms with Crippen molar-refractivity contribution >= 4 is 35.0 Å². The van der Waals surface area contributed by atoms with Crippen LogP contribution in [0.1, 0.15) is 47.8 Å². The van der Waals surface area contributed by atoms with Crippen LogP contribution < -0.4 is 10.6 Å². The molecule has 1 aliphatic heterocycles. The predicted molar refractivity (Wildman–Crippen MR) is 108 cm³/mol. The first kappa shape index (κ1) is 19.3. The van der Waals surface area contributed by atoms with E-state index in [1.807, 2.05) is 4.68 Å². The first-order valence-electron chi connectivity index (χ1n) is 9.46. The molecule has 148 valence electrons. The van der Waals surface area contributed by atoms with Crippen molar-refractivity contribution < 1.29 is 9.59 Å². The molecule has 8 heteroatoms. The molecule has 0 bridgehead atoms. The monoisotopic (exact) mass is 420 g/mol. The van der Waals surface area contributed by atoms with Crippen molar-refractivity contribution in [2.24, 2.45) is 5.92 Å². The minimum atomic E-state index is -0.508. The molecule has 28 heavy (non-hydrogen) atoms. The summed E-state index contributed by atoms with van der Waals surface area (Å²) in [5, 5.41) is 11.5. The third-order valence-corrected chi connectivity index (χ3v) is 6.24.